The smallest absolute Gasteiger partial charge is 0.328 e. The molecule has 0 bridgehead atoms. The van der Waals surface area contributed by atoms with Gasteiger partial charge in [0, 0.05) is 0 Å². The molecule has 0 aliphatic carbocycles. The number of ether oxygens (including phenoxy) is 1. The molecule has 0 aliphatic heterocycles. The van der Waals surface area contributed by atoms with E-state index in [2.05, 4.69) is 25.6 Å². The van der Waals surface area contributed by atoms with E-state index in [1.165, 1.54) is 36.3 Å². The van der Waals surface area contributed by atoms with Gasteiger partial charge >= 0.3 is 5.97 Å². The van der Waals surface area contributed by atoms with Gasteiger partial charge in [-0.05, 0) is 35.0 Å². The summed E-state index contributed by atoms with van der Waals surface area (Å²) in [6, 6.07) is 3.73. The molecule has 0 spiro atoms. The van der Waals surface area contributed by atoms with E-state index in [0.717, 1.165) is 0 Å². The molecule has 0 aliphatic rings. The molecule has 2 rings (SSSR count). The summed E-state index contributed by atoms with van der Waals surface area (Å²) in [4.78, 5) is 11.5. The van der Waals surface area contributed by atoms with E-state index in [9.17, 15) is 9.18 Å². The Balaban J connectivity index is 2.27. The van der Waals surface area contributed by atoms with Crippen LogP contribution in [-0.4, -0.2) is 39.3 Å². The third-order valence-electron chi connectivity index (χ3n) is 2.79. The van der Waals surface area contributed by atoms with Crippen LogP contribution in [0.4, 0.5) is 10.1 Å². The van der Waals surface area contributed by atoms with Gasteiger partial charge in [-0.2, -0.15) is 0 Å². The summed E-state index contributed by atoms with van der Waals surface area (Å²) >= 11 is 0. The molecule has 7 nitrogen and oxygen atoms in total. The quantitative estimate of drug-likeness (QED) is 0.827. The number of tetrazole rings is 1. The minimum Gasteiger partial charge on any atom is -0.467 e. The fraction of sp³-hybridized carbons (Fsp3) is 0.333. The summed E-state index contributed by atoms with van der Waals surface area (Å²) in [5.74, 6) is -0.913. The van der Waals surface area contributed by atoms with Gasteiger partial charge in [0.1, 0.15) is 18.2 Å². The Kier molecular flexibility index (Phi) is 4.24. The van der Waals surface area contributed by atoms with Crippen LogP contribution in [0.3, 0.4) is 0 Å². The standard InChI is InChI=1S/C12H14FN5O2/c1-3-10(12(19)20-2)15-11-6-8(4-5-9(11)13)18-7-14-16-17-18/h4-7,10,15H,3H2,1-2H3. The molecule has 0 fully saturated rings. The lowest BCUT2D eigenvalue weighted by molar-refractivity contribution is -0.141. The second kappa shape index (κ2) is 6.09. The zero-order valence-corrected chi connectivity index (χ0v) is 11.1. The summed E-state index contributed by atoms with van der Waals surface area (Å²) in [6.07, 6.45) is 1.87. The fourth-order valence-electron chi connectivity index (χ4n) is 1.70. The van der Waals surface area contributed by atoms with E-state index in [1.54, 1.807) is 6.92 Å². The highest BCUT2D eigenvalue weighted by atomic mass is 19.1. The van der Waals surface area contributed by atoms with Crippen LogP contribution in [0.15, 0.2) is 24.5 Å². The Morgan fingerprint density at radius 3 is 2.95 bits per heavy atom. The van der Waals surface area contributed by atoms with E-state index >= 15 is 0 Å². The summed E-state index contributed by atoms with van der Waals surface area (Å²) in [5.41, 5.74) is 0.772. The SMILES string of the molecule is CCC(Nc1cc(-n2cnnn2)ccc1F)C(=O)OC. The number of methoxy groups -OCH3 is 1. The van der Waals surface area contributed by atoms with Crippen molar-refractivity contribution in [2.75, 3.05) is 12.4 Å². The lowest BCUT2D eigenvalue weighted by atomic mass is 10.2. The molecule has 0 saturated carbocycles. The number of anilines is 1. The summed E-state index contributed by atoms with van der Waals surface area (Å²) < 4.78 is 19.8. The molecule has 0 amide bonds. The Bertz CT molecular complexity index is 588. The maximum absolute atomic E-state index is 13.8. The summed E-state index contributed by atoms with van der Waals surface area (Å²) in [7, 11) is 1.29. The zero-order chi connectivity index (χ0) is 14.5. The lowest BCUT2D eigenvalue weighted by Gasteiger charge is -2.16. The average Bonchev–Trinajstić information content (AvgIpc) is 2.99. The first kappa shape index (κ1) is 13.9. The normalized spacial score (nSPS) is 11.9. The lowest BCUT2D eigenvalue weighted by Crippen LogP contribution is -2.30. The molecule has 0 radical (unpaired) electrons. The summed E-state index contributed by atoms with van der Waals surface area (Å²) in [6.45, 7) is 1.80. The molecule has 8 heteroatoms. The van der Waals surface area contributed by atoms with Crippen molar-refractivity contribution in [2.45, 2.75) is 19.4 Å². The van der Waals surface area contributed by atoms with Gasteiger partial charge in [0.2, 0.25) is 0 Å². The van der Waals surface area contributed by atoms with Crippen LogP contribution in [0.2, 0.25) is 0 Å². The number of aromatic nitrogens is 4. The predicted octanol–water partition coefficient (Wildman–Crippen LogP) is 1.16. The number of carbonyl (C=O) groups is 1. The van der Waals surface area contributed by atoms with Crippen molar-refractivity contribution in [3.63, 3.8) is 0 Å². The number of hydrogen-bond donors (Lipinski definition) is 1. The van der Waals surface area contributed by atoms with Gasteiger partial charge in [0.15, 0.2) is 0 Å². The highest BCUT2D eigenvalue weighted by molar-refractivity contribution is 5.79. The minimum absolute atomic E-state index is 0.190. The number of halogens is 1. The van der Waals surface area contributed by atoms with Crippen LogP contribution in [0.1, 0.15) is 13.3 Å². The Morgan fingerprint density at radius 1 is 1.55 bits per heavy atom. The van der Waals surface area contributed by atoms with E-state index < -0.39 is 17.8 Å². The van der Waals surface area contributed by atoms with E-state index in [0.29, 0.717) is 12.1 Å². The largest absolute Gasteiger partial charge is 0.467 e. The van der Waals surface area contributed by atoms with Crippen LogP contribution in [0.5, 0.6) is 0 Å². The van der Waals surface area contributed by atoms with Crippen molar-refractivity contribution in [1.82, 2.24) is 20.2 Å². The molecule has 1 aromatic carbocycles. The predicted molar refractivity (Wildman–Crippen MR) is 68.8 cm³/mol. The number of rotatable bonds is 5. The van der Waals surface area contributed by atoms with Gasteiger partial charge in [0.05, 0.1) is 18.5 Å². The van der Waals surface area contributed by atoms with Gasteiger partial charge < -0.3 is 10.1 Å². The highest BCUT2D eigenvalue weighted by Crippen LogP contribution is 2.20. The molecule has 106 valence electrons. The maximum Gasteiger partial charge on any atom is 0.328 e. The Morgan fingerprint density at radius 2 is 2.35 bits per heavy atom. The van der Waals surface area contributed by atoms with Crippen molar-refractivity contribution in [3.05, 3.63) is 30.3 Å². The third kappa shape index (κ3) is 2.90. The second-order valence-corrected chi connectivity index (χ2v) is 4.05. The molecular weight excluding hydrogens is 265 g/mol. The van der Waals surface area contributed by atoms with E-state index in [-0.39, 0.29) is 5.69 Å². The Labute approximate surface area is 114 Å². The van der Waals surface area contributed by atoms with Crippen LogP contribution < -0.4 is 5.32 Å². The van der Waals surface area contributed by atoms with Crippen LogP contribution in [0.25, 0.3) is 5.69 Å². The molecule has 2 aromatic rings. The fourth-order valence-corrected chi connectivity index (χ4v) is 1.70. The van der Waals surface area contributed by atoms with Crippen molar-refractivity contribution in [1.29, 1.82) is 0 Å². The van der Waals surface area contributed by atoms with Gasteiger partial charge in [-0.15, -0.1) is 5.10 Å². The molecular formula is C12H14FN5O2. The number of carbonyl (C=O) groups excluding carboxylic acids is 1. The minimum atomic E-state index is -0.612. The zero-order valence-electron chi connectivity index (χ0n) is 11.1. The molecule has 1 atom stereocenters. The van der Waals surface area contributed by atoms with E-state index in [1.807, 2.05) is 0 Å². The molecule has 0 saturated heterocycles. The third-order valence-corrected chi connectivity index (χ3v) is 2.79. The monoisotopic (exact) mass is 279 g/mol. The number of hydrogen-bond acceptors (Lipinski definition) is 6. The number of esters is 1. The topological polar surface area (TPSA) is 81.9 Å². The number of nitrogens with one attached hydrogen (secondary N) is 1. The molecule has 1 N–H and O–H groups in total. The first-order valence-corrected chi connectivity index (χ1v) is 6.03. The van der Waals surface area contributed by atoms with Crippen LogP contribution >= 0.6 is 0 Å². The number of nitrogens with zero attached hydrogens (tertiary/aromatic N) is 4. The van der Waals surface area contributed by atoms with Gasteiger partial charge in [-0.1, -0.05) is 6.92 Å². The first-order valence-electron chi connectivity index (χ1n) is 6.03. The molecule has 1 unspecified atom stereocenters. The average molecular weight is 279 g/mol. The molecule has 1 heterocycles. The molecule has 1 aromatic heterocycles. The molecule has 20 heavy (non-hydrogen) atoms. The highest BCUT2D eigenvalue weighted by Gasteiger charge is 2.18. The first-order chi connectivity index (χ1) is 9.65. The van der Waals surface area contributed by atoms with Crippen molar-refractivity contribution in [2.24, 2.45) is 0 Å². The van der Waals surface area contributed by atoms with Crippen LogP contribution in [0, 0.1) is 5.82 Å². The van der Waals surface area contributed by atoms with E-state index in [4.69, 9.17) is 0 Å². The number of benzene rings is 1. The Hall–Kier alpha value is -2.51. The van der Waals surface area contributed by atoms with Crippen molar-refractivity contribution in [3.8, 4) is 5.69 Å². The van der Waals surface area contributed by atoms with Gasteiger partial charge in [-0.25, -0.2) is 13.9 Å². The van der Waals surface area contributed by atoms with Gasteiger partial charge in [0.25, 0.3) is 0 Å². The maximum atomic E-state index is 13.8. The second-order valence-electron chi connectivity index (χ2n) is 4.05. The van der Waals surface area contributed by atoms with Crippen molar-refractivity contribution < 1.29 is 13.9 Å². The van der Waals surface area contributed by atoms with Gasteiger partial charge in [-0.3, -0.25) is 0 Å². The van der Waals surface area contributed by atoms with Crippen LogP contribution in [-0.2, 0) is 9.53 Å². The van der Waals surface area contributed by atoms with Crippen molar-refractivity contribution >= 4 is 11.7 Å². The summed E-state index contributed by atoms with van der Waals surface area (Å²) in [5, 5.41) is 13.6.